The number of nitrogens with zero attached hydrogens (tertiary/aromatic N) is 1. The Labute approximate surface area is 119 Å². The molecule has 1 rings (SSSR count). The van der Waals surface area contributed by atoms with Crippen LogP contribution in [0.15, 0.2) is 23.4 Å². The standard InChI is InChI=1S/C15H24FN3O/c1-10(2)15(3,4)9-18-8-11-5-6-12(16)7-13(11)14(17)19-20/h5-7,10,18,20H,8-9H2,1-4H3,(H2,17,19). The van der Waals surface area contributed by atoms with E-state index in [1.165, 1.54) is 12.1 Å². The van der Waals surface area contributed by atoms with Gasteiger partial charge in [-0.1, -0.05) is 38.9 Å². The van der Waals surface area contributed by atoms with E-state index < -0.39 is 5.82 Å². The van der Waals surface area contributed by atoms with Gasteiger partial charge in [-0.15, -0.1) is 0 Å². The number of rotatable bonds is 6. The minimum Gasteiger partial charge on any atom is -0.409 e. The van der Waals surface area contributed by atoms with E-state index in [0.717, 1.165) is 12.1 Å². The van der Waals surface area contributed by atoms with Gasteiger partial charge in [0.25, 0.3) is 0 Å². The smallest absolute Gasteiger partial charge is 0.170 e. The van der Waals surface area contributed by atoms with E-state index in [0.29, 0.717) is 18.0 Å². The van der Waals surface area contributed by atoms with Gasteiger partial charge >= 0.3 is 0 Å². The molecular formula is C15H24FN3O. The number of oxime groups is 1. The lowest BCUT2D eigenvalue weighted by Gasteiger charge is -2.29. The van der Waals surface area contributed by atoms with Gasteiger partial charge in [-0.2, -0.15) is 0 Å². The molecule has 0 aliphatic heterocycles. The fourth-order valence-electron chi connectivity index (χ4n) is 1.72. The van der Waals surface area contributed by atoms with Crippen molar-refractivity contribution in [2.24, 2.45) is 22.2 Å². The second-order valence-electron chi connectivity index (χ2n) is 6.03. The summed E-state index contributed by atoms with van der Waals surface area (Å²) in [7, 11) is 0. The Morgan fingerprint density at radius 3 is 2.65 bits per heavy atom. The number of amidine groups is 1. The molecule has 1 aromatic carbocycles. The summed E-state index contributed by atoms with van der Waals surface area (Å²) >= 11 is 0. The van der Waals surface area contributed by atoms with Gasteiger partial charge in [-0.25, -0.2) is 4.39 Å². The second-order valence-corrected chi connectivity index (χ2v) is 6.03. The van der Waals surface area contributed by atoms with E-state index in [2.05, 4.69) is 38.2 Å². The van der Waals surface area contributed by atoms with E-state index in [4.69, 9.17) is 10.9 Å². The summed E-state index contributed by atoms with van der Waals surface area (Å²) in [5.41, 5.74) is 6.96. The molecule has 112 valence electrons. The van der Waals surface area contributed by atoms with E-state index in [1.54, 1.807) is 6.07 Å². The number of nitrogens with two attached hydrogens (primary N) is 1. The van der Waals surface area contributed by atoms with Crippen molar-refractivity contribution in [3.8, 4) is 0 Å². The molecule has 0 spiro atoms. The summed E-state index contributed by atoms with van der Waals surface area (Å²) in [6.07, 6.45) is 0. The first-order valence-corrected chi connectivity index (χ1v) is 6.75. The monoisotopic (exact) mass is 281 g/mol. The molecular weight excluding hydrogens is 257 g/mol. The summed E-state index contributed by atoms with van der Waals surface area (Å²) in [6.45, 7) is 10.1. The largest absolute Gasteiger partial charge is 0.409 e. The van der Waals surface area contributed by atoms with Crippen LogP contribution in [-0.4, -0.2) is 17.6 Å². The lowest BCUT2D eigenvalue weighted by atomic mass is 9.81. The second kappa shape index (κ2) is 6.70. The van der Waals surface area contributed by atoms with Gasteiger partial charge in [-0.05, 0) is 29.0 Å². The van der Waals surface area contributed by atoms with Crippen molar-refractivity contribution in [3.05, 3.63) is 35.1 Å². The lowest BCUT2D eigenvalue weighted by molar-refractivity contribution is 0.238. The molecule has 0 amide bonds. The molecule has 0 aromatic heterocycles. The van der Waals surface area contributed by atoms with Crippen LogP contribution in [0.3, 0.4) is 0 Å². The average molecular weight is 281 g/mol. The molecule has 0 atom stereocenters. The van der Waals surface area contributed by atoms with Crippen molar-refractivity contribution in [3.63, 3.8) is 0 Å². The van der Waals surface area contributed by atoms with Gasteiger partial charge in [0.1, 0.15) is 5.82 Å². The molecule has 0 aliphatic rings. The molecule has 5 heteroatoms. The Balaban J connectivity index is 2.79. The molecule has 0 heterocycles. The van der Waals surface area contributed by atoms with Crippen molar-refractivity contribution >= 4 is 5.84 Å². The maximum atomic E-state index is 13.2. The van der Waals surface area contributed by atoms with Crippen molar-refractivity contribution in [2.45, 2.75) is 34.2 Å². The van der Waals surface area contributed by atoms with Crippen LogP contribution in [0.4, 0.5) is 4.39 Å². The number of halogens is 1. The van der Waals surface area contributed by atoms with Crippen LogP contribution in [0, 0.1) is 17.2 Å². The first-order chi connectivity index (χ1) is 9.27. The molecule has 1 aromatic rings. The first-order valence-electron chi connectivity index (χ1n) is 6.75. The minimum absolute atomic E-state index is 0.0792. The van der Waals surface area contributed by atoms with E-state index >= 15 is 0 Å². The van der Waals surface area contributed by atoms with Gasteiger partial charge < -0.3 is 16.3 Å². The maximum absolute atomic E-state index is 13.2. The fraction of sp³-hybridized carbons (Fsp3) is 0.533. The normalized spacial score (nSPS) is 13.0. The van der Waals surface area contributed by atoms with Gasteiger partial charge in [0.15, 0.2) is 5.84 Å². The van der Waals surface area contributed by atoms with Crippen molar-refractivity contribution in [2.75, 3.05) is 6.54 Å². The molecule has 20 heavy (non-hydrogen) atoms. The topological polar surface area (TPSA) is 70.6 Å². The molecule has 0 aliphatic carbocycles. The van der Waals surface area contributed by atoms with E-state index in [1.807, 2.05) is 0 Å². The summed E-state index contributed by atoms with van der Waals surface area (Å²) in [5, 5.41) is 15.0. The van der Waals surface area contributed by atoms with Crippen LogP contribution in [-0.2, 0) is 6.54 Å². The minimum atomic E-state index is -0.405. The number of nitrogens with one attached hydrogen (secondary N) is 1. The van der Waals surface area contributed by atoms with E-state index in [9.17, 15) is 4.39 Å². The van der Waals surface area contributed by atoms with Gasteiger partial charge in [0, 0.05) is 18.7 Å². The van der Waals surface area contributed by atoms with Crippen molar-refractivity contribution < 1.29 is 9.60 Å². The van der Waals surface area contributed by atoms with Crippen LogP contribution in [0.5, 0.6) is 0 Å². The van der Waals surface area contributed by atoms with Crippen molar-refractivity contribution in [1.29, 1.82) is 0 Å². The van der Waals surface area contributed by atoms with Crippen molar-refractivity contribution in [1.82, 2.24) is 5.32 Å². The highest BCUT2D eigenvalue weighted by Gasteiger charge is 2.21. The highest BCUT2D eigenvalue weighted by Crippen LogP contribution is 2.24. The van der Waals surface area contributed by atoms with Gasteiger partial charge in [-0.3, -0.25) is 0 Å². The molecule has 0 radical (unpaired) electrons. The van der Waals surface area contributed by atoms with Crippen LogP contribution in [0.2, 0.25) is 0 Å². The van der Waals surface area contributed by atoms with Gasteiger partial charge in [0.05, 0.1) is 0 Å². The van der Waals surface area contributed by atoms with E-state index in [-0.39, 0.29) is 11.3 Å². The number of hydrogen-bond donors (Lipinski definition) is 3. The highest BCUT2D eigenvalue weighted by molar-refractivity contribution is 5.98. The maximum Gasteiger partial charge on any atom is 0.170 e. The Bertz CT molecular complexity index is 484. The zero-order valence-electron chi connectivity index (χ0n) is 12.6. The van der Waals surface area contributed by atoms with Crippen LogP contribution in [0.1, 0.15) is 38.8 Å². The van der Waals surface area contributed by atoms with Crippen LogP contribution >= 0.6 is 0 Å². The third-order valence-corrected chi connectivity index (χ3v) is 3.91. The zero-order chi connectivity index (χ0) is 15.3. The van der Waals surface area contributed by atoms with Gasteiger partial charge in [0.2, 0.25) is 0 Å². The Morgan fingerprint density at radius 2 is 2.10 bits per heavy atom. The number of benzene rings is 1. The molecule has 0 bridgehead atoms. The summed E-state index contributed by atoms with van der Waals surface area (Å²) in [4.78, 5) is 0. The Kier molecular flexibility index (Phi) is 5.51. The van der Waals surface area contributed by atoms with Crippen LogP contribution < -0.4 is 11.1 Å². The Hall–Kier alpha value is -1.62. The fourth-order valence-corrected chi connectivity index (χ4v) is 1.72. The SMILES string of the molecule is CC(C)C(C)(C)CNCc1ccc(F)cc1/C(N)=N/O. The number of hydrogen-bond acceptors (Lipinski definition) is 3. The van der Waals surface area contributed by atoms with Crippen LogP contribution in [0.25, 0.3) is 0 Å². The molecule has 4 N–H and O–H groups in total. The molecule has 0 saturated carbocycles. The predicted octanol–water partition coefficient (Wildman–Crippen LogP) is 2.69. The summed E-state index contributed by atoms with van der Waals surface area (Å²) < 4.78 is 13.2. The average Bonchev–Trinajstić information content (AvgIpc) is 2.39. The Morgan fingerprint density at radius 1 is 1.45 bits per heavy atom. The summed E-state index contributed by atoms with van der Waals surface area (Å²) in [6, 6.07) is 4.30. The first kappa shape index (κ1) is 16.4. The third kappa shape index (κ3) is 4.20. The molecule has 0 saturated heterocycles. The molecule has 0 fully saturated rings. The summed E-state index contributed by atoms with van der Waals surface area (Å²) in [5.74, 6) is 0.0639. The predicted molar refractivity (Wildman–Crippen MR) is 79.2 cm³/mol. The molecule has 0 unspecified atom stereocenters. The lowest BCUT2D eigenvalue weighted by Crippen LogP contribution is -2.33. The zero-order valence-corrected chi connectivity index (χ0v) is 12.6. The highest BCUT2D eigenvalue weighted by atomic mass is 19.1. The molecule has 4 nitrogen and oxygen atoms in total. The quantitative estimate of drug-likeness (QED) is 0.325. The third-order valence-electron chi connectivity index (χ3n) is 3.91.